The van der Waals surface area contributed by atoms with Gasteiger partial charge in [-0.1, -0.05) is 0 Å². The number of carbonyl (C=O) groups excluding carboxylic acids is 1. The third-order valence-electron chi connectivity index (χ3n) is 2.41. The molecule has 2 N–H and O–H groups in total. The normalized spacial score (nSPS) is 34.8. The summed E-state index contributed by atoms with van der Waals surface area (Å²) in [5.74, 6) is -0.138. The Morgan fingerprint density at radius 3 is 2.55 bits per heavy atom. The van der Waals surface area contributed by atoms with Gasteiger partial charge in [0.25, 0.3) is 0 Å². The van der Waals surface area contributed by atoms with Crippen LogP contribution >= 0.6 is 0 Å². The summed E-state index contributed by atoms with van der Waals surface area (Å²) in [7, 11) is 0. The average molecular weight is 156 g/mol. The van der Waals surface area contributed by atoms with E-state index in [1.165, 1.54) is 6.42 Å². The van der Waals surface area contributed by atoms with Crippen LogP contribution in [0.25, 0.3) is 0 Å². The molecule has 2 bridgehead atoms. The molecule has 1 amide bonds. The van der Waals surface area contributed by atoms with E-state index in [9.17, 15) is 4.79 Å². The Morgan fingerprint density at radius 2 is 2.09 bits per heavy atom. The summed E-state index contributed by atoms with van der Waals surface area (Å²) in [5.41, 5.74) is 0. The molecule has 3 saturated heterocycles. The molecule has 3 aliphatic rings. The van der Waals surface area contributed by atoms with Crippen molar-refractivity contribution in [2.75, 3.05) is 19.7 Å². The van der Waals surface area contributed by atoms with Crippen molar-refractivity contribution < 1.29 is 9.90 Å². The van der Waals surface area contributed by atoms with E-state index < -0.39 is 0 Å². The van der Waals surface area contributed by atoms with Crippen LogP contribution in [0.3, 0.4) is 0 Å². The van der Waals surface area contributed by atoms with E-state index >= 15 is 0 Å². The lowest BCUT2D eigenvalue weighted by Crippen LogP contribution is -2.67. The fourth-order valence-corrected chi connectivity index (χ4v) is 1.82. The first-order chi connectivity index (χ1) is 5.29. The minimum absolute atomic E-state index is 0.138. The number of nitrogens with one attached hydrogen (secondary N) is 1. The van der Waals surface area contributed by atoms with Crippen LogP contribution in [-0.4, -0.2) is 47.7 Å². The van der Waals surface area contributed by atoms with Crippen molar-refractivity contribution in [3.05, 3.63) is 0 Å². The van der Waals surface area contributed by atoms with Gasteiger partial charge in [0.1, 0.15) is 6.61 Å². The van der Waals surface area contributed by atoms with Gasteiger partial charge in [-0.25, -0.2) is 0 Å². The van der Waals surface area contributed by atoms with E-state index in [0.717, 1.165) is 13.1 Å². The molecular weight excluding hydrogens is 144 g/mol. The summed E-state index contributed by atoms with van der Waals surface area (Å²) in [5, 5.41) is 11.9. The number of aliphatic hydroxyl groups is 1. The molecule has 11 heavy (non-hydrogen) atoms. The Labute approximate surface area is 65.2 Å². The number of piperazine rings is 1. The molecule has 2 atom stereocenters. The van der Waals surface area contributed by atoms with Crippen molar-refractivity contribution in [1.82, 2.24) is 10.2 Å². The number of hydrogen-bond acceptors (Lipinski definition) is 3. The van der Waals surface area contributed by atoms with Gasteiger partial charge in [0, 0.05) is 25.2 Å². The smallest absolute Gasteiger partial charge is 0.248 e. The fourth-order valence-electron chi connectivity index (χ4n) is 1.82. The van der Waals surface area contributed by atoms with Crippen LogP contribution in [0.1, 0.15) is 6.42 Å². The lowest BCUT2D eigenvalue weighted by atomic mass is 9.91. The second-order valence-electron chi connectivity index (χ2n) is 3.25. The molecule has 2 unspecified atom stereocenters. The molecule has 3 fully saturated rings. The standard InChI is InChI=1S/C7H12N2O2/c10-4-7(11)9-2-5-1-6(3-9)8-5/h5-6,8,10H,1-4H2. The van der Waals surface area contributed by atoms with Gasteiger partial charge in [0.15, 0.2) is 0 Å². The molecule has 3 heterocycles. The summed E-state index contributed by atoms with van der Waals surface area (Å²) in [6.45, 7) is 1.20. The van der Waals surface area contributed by atoms with Crippen molar-refractivity contribution in [2.45, 2.75) is 18.5 Å². The SMILES string of the molecule is O=C(CO)N1CC2CC(C1)N2. The summed E-state index contributed by atoms with van der Waals surface area (Å²) in [4.78, 5) is 12.7. The van der Waals surface area contributed by atoms with Crippen molar-refractivity contribution in [1.29, 1.82) is 0 Å². The number of nitrogens with zero attached hydrogens (tertiary/aromatic N) is 1. The first-order valence-electron chi connectivity index (χ1n) is 3.94. The van der Waals surface area contributed by atoms with Gasteiger partial charge >= 0.3 is 0 Å². The van der Waals surface area contributed by atoms with Crippen LogP contribution < -0.4 is 5.32 Å². The van der Waals surface area contributed by atoms with Gasteiger partial charge in [-0.05, 0) is 6.42 Å². The highest BCUT2D eigenvalue weighted by atomic mass is 16.3. The molecule has 0 saturated carbocycles. The predicted molar refractivity (Wildman–Crippen MR) is 39.0 cm³/mol. The van der Waals surface area contributed by atoms with Crippen LogP contribution in [0.5, 0.6) is 0 Å². The van der Waals surface area contributed by atoms with Crippen LogP contribution in [0, 0.1) is 0 Å². The Kier molecular flexibility index (Phi) is 1.58. The Morgan fingerprint density at radius 1 is 1.55 bits per heavy atom. The molecule has 0 aromatic carbocycles. The molecule has 4 heteroatoms. The third-order valence-corrected chi connectivity index (χ3v) is 2.41. The topological polar surface area (TPSA) is 52.6 Å². The van der Waals surface area contributed by atoms with Crippen LogP contribution in [0.15, 0.2) is 0 Å². The monoisotopic (exact) mass is 156 g/mol. The highest BCUT2D eigenvalue weighted by Gasteiger charge is 2.37. The fraction of sp³-hybridized carbons (Fsp3) is 0.857. The maximum atomic E-state index is 11.0. The van der Waals surface area contributed by atoms with E-state index in [0.29, 0.717) is 12.1 Å². The summed E-state index contributed by atoms with van der Waals surface area (Å²) in [6.07, 6.45) is 1.19. The average Bonchev–Trinajstić information content (AvgIpc) is 2.02. The minimum atomic E-state index is -0.348. The van der Waals surface area contributed by atoms with Gasteiger partial charge in [-0.15, -0.1) is 0 Å². The molecule has 0 aromatic rings. The van der Waals surface area contributed by atoms with Gasteiger partial charge in [-0.2, -0.15) is 0 Å². The first-order valence-corrected chi connectivity index (χ1v) is 3.94. The second kappa shape index (κ2) is 2.46. The Bertz CT molecular complexity index is 167. The zero-order valence-corrected chi connectivity index (χ0v) is 6.29. The maximum absolute atomic E-state index is 11.0. The molecule has 0 radical (unpaired) electrons. The summed E-state index contributed by atoms with van der Waals surface area (Å²) < 4.78 is 0. The molecule has 0 aliphatic carbocycles. The molecular formula is C7H12N2O2. The molecule has 3 aliphatic heterocycles. The zero-order valence-electron chi connectivity index (χ0n) is 6.29. The quantitative estimate of drug-likeness (QED) is 0.488. The summed E-state index contributed by atoms with van der Waals surface area (Å²) >= 11 is 0. The lowest BCUT2D eigenvalue weighted by Gasteiger charge is -2.48. The molecule has 3 rings (SSSR count). The highest BCUT2D eigenvalue weighted by Crippen LogP contribution is 2.20. The van der Waals surface area contributed by atoms with Crippen LogP contribution in [-0.2, 0) is 4.79 Å². The number of amides is 1. The van der Waals surface area contributed by atoms with Crippen molar-refractivity contribution >= 4 is 5.91 Å². The number of piperidine rings is 1. The maximum Gasteiger partial charge on any atom is 0.248 e. The number of fused-ring (bicyclic) bond motifs is 2. The van der Waals surface area contributed by atoms with Crippen LogP contribution in [0.4, 0.5) is 0 Å². The van der Waals surface area contributed by atoms with E-state index in [2.05, 4.69) is 5.32 Å². The van der Waals surface area contributed by atoms with E-state index in [1.807, 2.05) is 0 Å². The van der Waals surface area contributed by atoms with E-state index in [1.54, 1.807) is 4.90 Å². The molecule has 0 aromatic heterocycles. The number of aliphatic hydroxyl groups excluding tert-OH is 1. The van der Waals surface area contributed by atoms with Gasteiger partial charge in [0.05, 0.1) is 0 Å². The minimum Gasteiger partial charge on any atom is -0.387 e. The van der Waals surface area contributed by atoms with Gasteiger partial charge in [-0.3, -0.25) is 4.79 Å². The van der Waals surface area contributed by atoms with Crippen molar-refractivity contribution in [3.63, 3.8) is 0 Å². The molecule has 4 nitrogen and oxygen atoms in total. The predicted octanol–water partition coefficient (Wildman–Crippen LogP) is -1.45. The Balaban J connectivity index is 1.92. The van der Waals surface area contributed by atoms with Crippen LogP contribution in [0.2, 0.25) is 0 Å². The lowest BCUT2D eigenvalue weighted by molar-refractivity contribution is -0.138. The number of carbonyl (C=O) groups is 1. The Hall–Kier alpha value is -0.610. The highest BCUT2D eigenvalue weighted by molar-refractivity contribution is 5.77. The van der Waals surface area contributed by atoms with E-state index in [-0.39, 0.29) is 12.5 Å². The van der Waals surface area contributed by atoms with Gasteiger partial charge < -0.3 is 15.3 Å². The molecule has 62 valence electrons. The van der Waals surface area contributed by atoms with Crippen molar-refractivity contribution in [3.8, 4) is 0 Å². The summed E-state index contributed by atoms with van der Waals surface area (Å²) in [6, 6.07) is 0.980. The zero-order chi connectivity index (χ0) is 7.84. The largest absolute Gasteiger partial charge is 0.387 e. The second-order valence-corrected chi connectivity index (χ2v) is 3.25. The third kappa shape index (κ3) is 1.12. The number of rotatable bonds is 1. The number of hydrogen-bond donors (Lipinski definition) is 2. The molecule has 0 spiro atoms. The van der Waals surface area contributed by atoms with Gasteiger partial charge in [0.2, 0.25) is 5.91 Å². The van der Waals surface area contributed by atoms with E-state index in [4.69, 9.17) is 5.11 Å². The van der Waals surface area contributed by atoms with Crippen molar-refractivity contribution in [2.24, 2.45) is 0 Å². The first kappa shape index (κ1) is 7.06.